The third-order valence-corrected chi connectivity index (χ3v) is 1.88. The number of aromatic nitrogens is 2. The second-order valence-corrected chi connectivity index (χ2v) is 3.08. The molecular formula is C8H10N4O. The summed E-state index contributed by atoms with van der Waals surface area (Å²) in [5, 5.41) is 8.10. The molecule has 5 heteroatoms. The zero-order valence-electron chi connectivity index (χ0n) is 7.53. The monoisotopic (exact) mass is 178 g/mol. The Morgan fingerprint density at radius 2 is 2.31 bits per heavy atom. The molecule has 0 bridgehead atoms. The van der Waals surface area contributed by atoms with Crippen molar-refractivity contribution in [3.8, 4) is 0 Å². The van der Waals surface area contributed by atoms with Gasteiger partial charge < -0.3 is 0 Å². The standard InChI is InChI=1S/C8H10N4O/c1-5-3-6(2)12(11-5)7-4-8(13)10-9-7/h3H,4H2,1-2H3,(H,10,13). The van der Waals surface area contributed by atoms with E-state index < -0.39 is 0 Å². The highest BCUT2D eigenvalue weighted by Gasteiger charge is 2.18. The van der Waals surface area contributed by atoms with Gasteiger partial charge in [-0.3, -0.25) is 4.79 Å². The molecule has 1 N–H and O–H groups in total. The van der Waals surface area contributed by atoms with Gasteiger partial charge in [0.25, 0.3) is 0 Å². The maximum absolute atomic E-state index is 10.9. The summed E-state index contributed by atoms with van der Waals surface area (Å²) in [6, 6.07) is 1.95. The van der Waals surface area contributed by atoms with Crippen LogP contribution in [0.4, 0.5) is 0 Å². The van der Waals surface area contributed by atoms with Gasteiger partial charge in [-0.2, -0.15) is 10.2 Å². The van der Waals surface area contributed by atoms with Crippen molar-refractivity contribution in [3.05, 3.63) is 17.5 Å². The summed E-state index contributed by atoms with van der Waals surface area (Å²) < 4.78 is 1.69. The Morgan fingerprint density at radius 3 is 2.77 bits per heavy atom. The number of hydrazone groups is 1. The predicted octanol–water partition coefficient (Wildman–Crippen LogP) is 0.181. The molecule has 0 atom stereocenters. The lowest BCUT2D eigenvalue weighted by Gasteiger charge is -1.99. The highest BCUT2D eigenvalue weighted by Crippen LogP contribution is 2.05. The van der Waals surface area contributed by atoms with Gasteiger partial charge in [-0.1, -0.05) is 0 Å². The van der Waals surface area contributed by atoms with Gasteiger partial charge in [0, 0.05) is 5.69 Å². The van der Waals surface area contributed by atoms with E-state index in [2.05, 4.69) is 15.6 Å². The van der Waals surface area contributed by atoms with Crippen LogP contribution in [0.3, 0.4) is 0 Å². The van der Waals surface area contributed by atoms with Crippen LogP contribution in [-0.4, -0.2) is 21.5 Å². The lowest BCUT2D eigenvalue weighted by Crippen LogP contribution is -2.14. The van der Waals surface area contributed by atoms with Crippen LogP contribution < -0.4 is 5.43 Å². The van der Waals surface area contributed by atoms with Crippen molar-refractivity contribution in [3.63, 3.8) is 0 Å². The summed E-state index contributed by atoms with van der Waals surface area (Å²) in [5.74, 6) is 0.582. The molecule has 0 aromatic carbocycles. The quantitative estimate of drug-likeness (QED) is 0.616. The van der Waals surface area contributed by atoms with E-state index in [0.717, 1.165) is 11.4 Å². The fourth-order valence-corrected chi connectivity index (χ4v) is 1.36. The molecule has 0 unspecified atom stereocenters. The molecule has 13 heavy (non-hydrogen) atoms. The molecule has 2 rings (SSSR count). The van der Waals surface area contributed by atoms with Crippen LogP contribution in [0.2, 0.25) is 0 Å². The Bertz CT molecular complexity index is 391. The summed E-state index contributed by atoms with van der Waals surface area (Å²) in [4.78, 5) is 10.9. The Morgan fingerprint density at radius 1 is 1.54 bits per heavy atom. The van der Waals surface area contributed by atoms with Gasteiger partial charge in [0.15, 0.2) is 5.84 Å². The van der Waals surface area contributed by atoms with Crippen molar-refractivity contribution in [2.45, 2.75) is 20.3 Å². The van der Waals surface area contributed by atoms with E-state index in [-0.39, 0.29) is 5.91 Å². The Kier molecular flexibility index (Phi) is 1.65. The average molecular weight is 178 g/mol. The summed E-state index contributed by atoms with van der Waals surface area (Å²) >= 11 is 0. The molecule has 0 aliphatic carbocycles. The SMILES string of the molecule is Cc1cc(C)n(C2=NNC(=O)C2)n1. The third-order valence-electron chi connectivity index (χ3n) is 1.88. The Labute approximate surface area is 75.4 Å². The predicted molar refractivity (Wildman–Crippen MR) is 47.3 cm³/mol. The van der Waals surface area contributed by atoms with E-state index in [1.165, 1.54) is 0 Å². The van der Waals surface area contributed by atoms with Crippen LogP contribution in [0.1, 0.15) is 17.8 Å². The van der Waals surface area contributed by atoms with Crippen molar-refractivity contribution in [2.75, 3.05) is 0 Å². The largest absolute Gasteiger partial charge is 0.273 e. The van der Waals surface area contributed by atoms with Crippen molar-refractivity contribution in [2.24, 2.45) is 5.10 Å². The number of hydrogen-bond donors (Lipinski definition) is 1. The van der Waals surface area contributed by atoms with Gasteiger partial charge in [-0.15, -0.1) is 0 Å². The number of carbonyl (C=O) groups is 1. The molecule has 5 nitrogen and oxygen atoms in total. The van der Waals surface area contributed by atoms with E-state index >= 15 is 0 Å². The topological polar surface area (TPSA) is 59.3 Å². The number of hydrogen-bond acceptors (Lipinski definition) is 3. The van der Waals surface area contributed by atoms with Crippen LogP contribution in [0.15, 0.2) is 11.2 Å². The smallest absolute Gasteiger partial charge is 0.247 e. The maximum Gasteiger partial charge on any atom is 0.247 e. The molecule has 0 saturated carbocycles. The number of carbonyl (C=O) groups excluding carboxylic acids is 1. The highest BCUT2D eigenvalue weighted by atomic mass is 16.2. The number of rotatable bonds is 0. The highest BCUT2D eigenvalue weighted by molar-refractivity contribution is 6.04. The molecule has 1 aliphatic rings. The van der Waals surface area contributed by atoms with E-state index in [0.29, 0.717) is 12.3 Å². The van der Waals surface area contributed by atoms with Crippen molar-refractivity contribution >= 4 is 11.7 Å². The van der Waals surface area contributed by atoms with Crippen LogP contribution in [0.5, 0.6) is 0 Å². The second-order valence-electron chi connectivity index (χ2n) is 3.08. The van der Waals surface area contributed by atoms with E-state index in [1.54, 1.807) is 4.68 Å². The van der Waals surface area contributed by atoms with Crippen LogP contribution in [-0.2, 0) is 4.79 Å². The summed E-state index contributed by atoms with van der Waals surface area (Å²) in [7, 11) is 0. The van der Waals surface area contributed by atoms with Gasteiger partial charge in [0.05, 0.1) is 12.1 Å². The first-order chi connectivity index (χ1) is 6.16. The molecule has 68 valence electrons. The first-order valence-corrected chi connectivity index (χ1v) is 4.06. The third kappa shape index (κ3) is 1.32. The van der Waals surface area contributed by atoms with Gasteiger partial charge >= 0.3 is 0 Å². The molecule has 0 spiro atoms. The molecular weight excluding hydrogens is 168 g/mol. The van der Waals surface area contributed by atoms with Crippen molar-refractivity contribution < 1.29 is 4.79 Å². The van der Waals surface area contributed by atoms with Crippen molar-refractivity contribution in [1.82, 2.24) is 15.2 Å². The maximum atomic E-state index is 10.9. The van der Waals surface area contributed by atoms with Gasteiger partial charge in [-0.05, 0) is 19.9 Å². The Hall–Kier alpha value is -1.65. The molecule has 1 aliphatic heterocycles. The number of nitrogens with zero attached hydrogens (tertiary/aromatic N) is 3. The minimum absolute atomic E-state index is 0.0810. The first kappa shape index (κ1) is 7.97. The van der Waals surface area contributed by atoms with Gasteiger partial charge in [0.1, 0.15) is 0 Å². The zero-order chi connectivity index (χ0) is 9.42. The summed E-state index contributed by atoms with van der Waals surface area (Å²) in [6.45, 7) is 3.85. The molecule has 1 aromatic rings. The van der Waals surface area contributed by atoms with E-state index in [1.807, 2.05) is 19.9 Å². The average Bonchev–Trinajstić information content (AvgIpc) is 2.58. The zero-order valence-corrected chi connectivity index (χ0v) is 7.53. The summed E-state index contributed by atoms with van der Waals surface area (Å²) in [5.41, 5.74) is 4.32. The summed E-state index contributed by atoms with van der Waals surface area (Å²) in [6.07, 6.45) is 0.307. The van der Waals surface area contributed by atoms with Gasteiger partial charge in [-0.25, -0.2) is 10.1 Å². The van der Waals surface area contributed by atoms with Crippen LogP contribution >= 0.6 is 0 Å². The first-order valence-electron chi connectivity index (χ1n) is 4.06. The fraction of sp³-hybridized carbons (Fsp3) is 0.375. The number of amides is 1. The second kappa shape index (κ2) is 2.69. The normalized spacial score (nSPS) is 15.8. The molecule has 1 amide bonds. The molecule has 0 saturated heterocycles. The fourth-order valence-electron chi connectivity index (χ4n) is 1.36. The minimum Gasteiger partial charge on any atom is -0.273 e. The van der Waals surface area contributed by atoms with E-state index in [9.17, 15) is 4.79 Å². The van der Waals surface area contributed by atoms with E-state index in [4.69, 9.17) is 0 Å². The van der Waals surface area contributed by atoms with Crippen LogP contribution in [0.25, 0.3) is 0 Å². The Balaban J connectivity index is 2.36. The molecule has 1 aromatic heterocycles. The van der Waals surface area contributed by atoms with Crippen LogP contribution in [0, 0.1) is 13.8 Å². The lowest BCUT2D eigenvalue weighted by atomic mass is 10.3. The molecule has 2 heterocycles. The molecule has 0 fully saturated rings. The lowest BCUT2D eigenvalue weighted by molar-refractivity contribution is -0.119. The number of nitrogens with one attached hydrogen (secondary N) is 1. The number of aryl methyl sites for hydroxylation is 2. The molecule has 0 radical (unpaired) electrons. The van der Waals surface area contributed by atoms with Gasteiger partial charge in [0.2, 0.25) is 5.91 Å². The minimum atomic E-state index is -0.0810. The van der Waals surface area contributed by atoms with Crippen molar-refractivity contribution in [1.29, 1.82) is 0 Å².